The van der Waals surface area contributed by atoms with Crippen LogP contribution >= 0.6 is 0 Å². The van der Waals surface area contributed by atoms with E-state index >= 15 is 0 Å². The molecule has 0 radical (unpaired) electrons. The van der Waals surface area contributed by atoms with E-state index in [1.165, 1.54) is 0 Å². The molecule has 0 aliphatic heterocycles. The van der Waals surface area contributed by atoms with Gasteiger partial charge in [-0.15, -0.1) is 0 Å². The highest BCUT2D eigenvalue weighted by molar-refractivity contribution is 5.56. The van der Waals surface area contributed by atoms with Crippen molar-refractivity contribution in [1.29, 1.82) is 0 Å². The van der Waals surface area contributed by atoms with Crippen LogP contribution in [0.2, 0.25) is 0 Å². The second kappa shape index (κ2) is 3.51. The summed E-state index contributed by atoms with van der Waals surface area (Å²) >= 11 is 0. The molecular formula is C10H14O. The first kappa shape index (κ1) is 8.25. The van der Waals surface area contributed by atoms with Crippen LogP contribution in [0, 0.1) is 11.8 Å². The number of allylic oxidation sites excluding steroid dienone is 2. The van der Waals surface area contributed by atoms with Gasteiger partial charge in [0.25, 0.3) is 0 Å². The van der Waals surface area contributed by atoms with E-state index in [0.29, 0.717) is 5.92 Å². The van der Waals surface area contributed by atoms with Crippen molar-refractivity contribution in [3.63, 3.8) is 0 Å². The maximum absolute atomic E-state index is 10.6. The Balaban J connectivity index is 2.62. The molecule has 1 heteroatoms. The van der Waals surface area contributed by atoms with E-state index in [1.807, 2.05) is 0 Å². The van der Waals surface area contributed by atoms with Gasteiger partial charge in [-0.1, -0.05) is 31.2 Å². The zero-order chi connectivity index (χ0) is 8.27. The number of carbonyl (C=O) groups is 1. The monoisotopic (exact) mass is 150 g/mol. The molecule has 0 N–H and O–H groups in total. The molecule has 1 saturated carbocycles. The summed E-state index contributed by atoms with van der Waals surface area (Å²) in [6, 6.07) is 0. The van der Waals surface area contributed by atoms with Gasteiger partial charge in [-0.3, -0.25) is 0 Å². The van der Waals surface area contributed by atoms with Crippen molar-refractivity contribution in [2.45, 2.75) is 19.3 Å². The van der Waals surface area contributed by atoms with Gasteiger partial charge in [0.05, 0.1) is 0 Å². The summed E-state index contributed by atoms with van der Waals surface area (Å²) < 4.78 is 0. The van der Waals surface area contributed by atoms with Gasteiger partial charge in [0.2, 0.25) is 0 Å². The molecule has 2 atom stereocenters. The molecule has 0 unspecified atom stereocenters. The Labute approximate surface area is 67.8 Å². The quantitative estimate of drug-likeness (QED) is 0.446. The fraction of sp³-hybridized carbons (Fsp3) is 0.500. The molecule has 1 aliphatic rings. The first-order chi connectivity index (χ1) is 5.29. The third kappa shape index (κ3) is 1.59. The van der Waals surface area contributed by atoms with Crippen molar-refractivity contribution in [3.8, 4) is 0 Å². The number of rotatable bonds is 3. The summed E-state index contributed by atoms with van der Waals surface area (Å²) in [6.07, 6.45) is 6.12. The van der Waals surface area contributed by atoms with E-state index in [4.69, 9.17) is 0 Å². The highest BCUT2D eigenvalue weighted by Crippen LogP contribution is 2.34. The average molecular weight is 150 g/mol. The fourth-order valence-corrected chi connectivity index (χ4v) is 1.76. The van der Waals surface area contributed by atoms with Crippen molar-refractivity contribution in [3.05, 3.63) is 24.8 Å². The molecular weight excluding hydrogens is 136 g/mol. The Morgan fingerprint density at radius 1 is 1.45 bits per heavy atom. The fourth-order valence-electron chi connectivity index (χ4n) is 1.76. The molecule has 0 aromatic heterocycles. The zero-order valence-electron chi connectivity index (χ0n) is 6.75. The van der Waals surface area contributed by atoms with Crippen LogP contribution in [0.4, 0.5) is 0 Å². The summed E-state index contributed by atoms with van der Waals surface area (Å²) in [4.78, 5) is 10.6. The van der Waals surface area contributed by atoms with Crippen molar-refractivity contribution in [2.24, 2.45) is 11.8 Å². The lowest BCUT2D eigenvalue weighted by Crippen LogP contribution is -2.09. The lowest BCUT2D eigenvalue weighted by Gasteiger charge is -2.13. The molecule has 1 aliphatic carbocycles. The molecule has 1 fully saturated rings. The van der Waals surface area contributed by atoms with Crippen LogP contribution in [-0.4, -0.2) is 6.29 Å². The van der Waals surface area contributed by atoms with Gasteiger partial charge >= 0.3 is 0 Å². The molecule has 1 rings (SSSR count). The summed E-state index contributed by atoms with van der Waals surface area (Å²) in [5.41, 5.74) is 1.03. The van der Waals surface area contributed by atoms with Crippen molar-refractivity contribution in [2.75, 3.05) is 0 Å². The molecule has 0 aromatic rings. The molecule has 1 nitrogen and oxygen atoms in total. The summed E-state index contributed by atoms with van der Waals surface area (Å²) in [6.45, 7) is 7.53. The third-order valence-corrected chi connectivity index (χ3v) is 2.48. The van der Waals surface area contributed by atoms with Gasteiger partial charge in [-0.05, 0) is 18.8 Å². The standard InChI is InChI=1S/C10H14O/c1-3-8(2)10-6-4-5-9(10)7-11/h3,7,9-10H,1-2,4-6H2/t9-,10-/m1/s1. The molecule has 11 heavy (non-hydrogen) atoms. The molecule has 0 spiro atoms. The van der Waals surface area contributed by atoms with E-state index in [0.717, 1.165) is 31.1 Å². The molecule has 60 valence electrons. The van der Waals surface area contributed by atoms with E-state index < -0.39 is 0 Å². The Morgan fingerprint density at radius 2 is 2.18 bits per heavy atom. The van der Waals surface area contributed by atoms with Crippen LogP contribution in [0.1, 0.15) is 19.3 Å². The first-order valence-electron chi connectivity index (χ1n) is 4.06. The molecule has 0 aromatic carbocycles. The van der Waals surface area contributed by atoms with Crippen LogP contribution in [0.25, 0.3) is 0 Å². The Kier molecular flexibility index (Phi) is 2.64. The van der Waals surface area contributed by atoms with Crippen LogP contribution in [0.3, 0.4) is 0 Å². The smallest absolute Gasteiger partial charge is 0.123 e. The SMILES string of the molecule is C=CC(=C)[C@H]1CCC[C@@H]1C=O. The maximum Gasteiger partial charge on any atom is 0.123 e. The second-order valence-electron chi connectivity index (χ2n) is 3.12. The molecule has 0 amide bonds. The second-order valence-corrected chi connectivity index (χ2v) is 3.12. The van der Waals surface area contributed by atoms with Gasteiger partial charge < -0.3 is 4.79 Å². The lowest BCUT2D eigenvalue weighted by atomic mass is 9.91. The number of hydrogen-bond acceptors (Lipinski definition) is 1. The predicted molar refractivity (Wildman–Crippen MR) is 46.2 cm³/mol. The van der Waals surface area contributed by atoms with Crippen molar-refractivity contribution >= 4 is 6.29 Å². The minimum atomic E-state index is 0.209. The average Bonchev–Trinajstić information content (AvgIpc) is 2.50. The van der Waals surface area contributed by atoms with Crippen molar-refractivity contribution in [1.82, 2.24) is 0 Å². The van der Waals surface area contributed by atoms with E-state index in [-0.39, 0.29) is 5.92 Å². The Morgan fingerprint density at radius 3 is 2.73 bits per heavy atom. The van der Waals surface area contributed by atoms with Gasteiger partial charge in [-0.25, -0.2) is 0 Å². The van der Waals surface area contributed by atoms with Crippen LogP contribution < -0.4 is 0 Å². The molecule has 0 heterocycles. The minimum Gasteiger partial charge on any atom is -0.303 e. The van der Waals surface area contributed by atoms with E-state index in [1.54, 1.807) is 6.08 Å². The number of carbonyl (C=O) groups excluding carboxylic acids is 1. The first-order valence-corrected chi connectivity index (χ1v) is 4.06. The topological polar surface area (TPSA) is 17.1 Å². The summed E-state index contributed by atoms with van der Waals surface area (Å²) in [7, 11) is 0. The van der Waals surface area contributed by atoms with Gasteiger partial charge in [0.15, 0.2) is 0 Å². The van der Waals surface area contributed by atoms with Crippen LogP contribution in [0.5, 0.6) is 0 Å². The zero-order valence-corrected chi connectivity index (χ0v) is 6.75. The molecule has 0 bridgehead atoms. The minimum absolute atomic E-state index is 0.209. The van der Waals surface area contributed by atoms with Gasteiger partial charge in [-0.2, -0.15) is 0 Å². The lowest BCUT2D eigenvalue weighted by molar-refractivity contribution is -0.111. The van der Waals surface area contributed by atoms with Crippen molar-refractivity contribution < 1.29 is 4.79 Å². The van der Waals surface area contributed by atoms with Gasteiger partial charge in [0.1, 0.15) is 6.29 Å². The Bertz CT molecular complexity index is 181. The molecule has 0 saturated heterocycles. The number of aldehydes is 1. The summed E-state index contributed by atoms with van der Waals surface area (Å²) in [5.74, 6) is 0.588. The predicted octanol–water partition coefficient (Wildman–Crippen LogP) is 2.34. The Hall–Kier alpha value is -0.850. The normalized spacial score (nSPS) is 29.8. The highest BCUT2D eigenvalue weighted by atomic mass is 16.1. The third-order valence-electron chi connectivity index (χ3n) is 2.48. The largest absolute Gasteiger partial charge is 0.303 e. The van der Waals surface area contributed by atoms with E-state index in [9.17, 15) is 4.79 Å². The maximum atomic E-state index is 10.6. The van der Waals surface area contributed by atoms with Gasteiger partial charge in [0, 0.05) is 5.92 Å². The summed E-state index contributed by atoms with van der Waals surface area (Å²) in [5, 5.41) is 0. The van der Waals surface area contributed by atoms with Crippen LogP contribution in [-0.2, 0) is 4.79 Å². The highest BCUT2D eigenvalue weighted by Gasteiger charge is 2.27. The van der Waals surface area contributed by atoms with E-state index in [2.05, 4.69) is 13.2 Å². The van der Waals surface area contributed by atoms with Crippen LogP contribution in [0.15, 0.2) is 24.8 Å². The number of hydrogen-bond donors (Lipinski definition) is 0.